The van der Waals surface area contributed by atoms with Crippen molar-refractivity contribution in [1.29, 1.82) is 0 Å². The van der Waals surface area contributed by atoms with Gasteiger partial charge in [-0.3, -0.25) is 0 Å². The summed E-state index contributed by atoms with van der Waals surface area (Å²) >= 11 is 3.61. The maximum absolute atomic E-state index is 12.0. The van der Waals surface area contributed by atoms with Crippen LogP contribution >= 0.6 is 33.9 Å². The van der Waals surface area contributed by atoms with E-state index >= 15 is 0 Å². The van der Waals surface area contributed by atoms with Crippen LogP contribution in [0.3, 0.4) is 0 Å². The Kier molecular flexibility index (Phi) is 4.30. The molecule has 3 aromatic rings. The number of esters is 1. The molecule has 0 aliphatic heterocycles. The molecule has 0 saturated heterocycles. The predicted octanol–water partition coefficient (Wildman–Crippen LogP) is 3.76. The Labute approximate surface area is 138 Å². The third-order valence-electron chi connectivity index (χ3n) is 2.63. The number of hydrogen-bond donors (Lipinski definition) is 0. The second-order valence-corrected chi connectivity index (χ2v) is 6.15. The molecule has 0 amide bonds. The lowest BCUT2D eigenvalue weighted by molar-refractivity contribution is 0.0428. The Morgan fingerprint density at radius 2 is 2.14 bits per heavy atom. The molecule has 0 bridgehead atoms. The number of carbonyl (C=O) groups is 1. The average molecular weight is 412 g/mol. The van der Waals surface area contributed by atoms with E-state index in [1.165, 1.54) is 11.3 Å². The van der Waals surface area contributed by atoms with Gasteiger partial charge in [-0.2, -0.15) is 4.98 Å². The van der Waals surface area contributed by atoms with E-state index < -0.39 is 5.97 Å². The van der Waals surface area contributed by atoms with Crippen LogP contribution in [-0.4, -0.2) is 16.1 Å². The number of benzene rings is 1. The number of halogens is 1. The van der Waals surface area contributed by atoms with Gasteiger partial charge in [-0.25, -0.2) is 4.79 Å². The molecular formula is C14H9IN2O3S. The van der Waals surface area contributed by atoms with Crippen LogP contribution in [0.15, 0.2) is 46.3 Å². The van der Waals surface area contributed by atoms with E-state index in [2.05, 4.69) is 32.7 Å². The molecule has 5 nitrogen and oxygen atoms in total. The van der Waals surface area contributed by atoms with Crippen molar-refractivity contribution in [1.82, 2.24) is 10.1 Å². The smallest absolute Gasteiger partial charge is 0.339 e. The molecule has 106 valence electrons. The van der Waals surface area contributed by atoms with Crippen molar-refractivity contribution in [2.24, 2.45) is 0 Å². The number of hydrogen-bond acceptors (Lipinski definition) is 6. The molecule has 0 atom stereocenters. The Morgan fingerprint density at radius 3 is 2.90 bits per heavy atom. The standard InChI is InChI=1S/C14H9IN2O3S/c15-10-5-2-1-4-9(10)14(18)19-8-12-16-13(17-20-12)11-6-3-7-21-11/h1-7H,8H2. The quantitative estimate of drug-likeness (QED) is 0.483. The summed E-state index contributed by atoms with van der Waals surface area (Å²) in [6, 6.07) is 11.0. The largest absolute Gasteiger partial charge is 0.452 e. The third-order valence-corrected chi connectivity index (χ3v) is 4.44. The summed E-state index contributed by atoms with van der Waals surface area (Å²) in [7, 11) is 0. The fraction of sp³-hybridized carbons (Fsp3) is 0.0714. The Bertz CT molecular complexity index is 755. The van der Waals surface area contributed by atoms with Crippen molar-refractivity contribution in [2.75, 3.05) is 0 Å². The van der Waals surface area contributed by atoms with Gasteiger partial charge in [-0.1, -0.05) is 23.4 Å². The Morgan fingerprint density at radius 1 is 1.29 bits per heavy atom. The number of ether oxygens (including phenoxy) is 1. The van der Waals surface area contributed by atoms with Crippen LogP contribution in [0.2, 0.25) is 0 Å². The highest BCUT2D eigenvalue weighted by atomic mass is 127. The SMILES string of the molecule is O=C(OCc1nc(-c2cccs2)no1)c1ccccc1I. The molecule has 2 heterocycles. The summed E-state index contributed by atoms with van der Waals surface area (Å²) in [4.78, 5) is 17.1. The number of nitrogens with zero attached hydrogens (tertiary/aromatic N) is 2. The molecule has 2 aromatic heterocycles. The van der Waals surface area contributed by atoms with Crippen molar-refractivity contribution in [3.05, 3.63) is 56.8 Å². The first-order valence-corrected chi connectivity index (χ1v) is 7.98. The zero-order valence-corrected chi connectivity index (χ0v) is 13.6. The summed E-state index contributed by atoms with van der Waals surface area (Å²) in [5.41, 5.74) is 0.524. The van der Waals surface area contributed by atoms with Crippen LogP contribution in [-0.2, 0) is 11.3 Å². The van der Waals surface area contributed by atoms with Gasteiger partial charge >= 0.3 is 5.97 Å². The lowest BCUT2D eigenvalue weighted by Gasteiger charge is -2.03. The first kappa shape index (κ1) is 14.2. The Balaban J connectivity index is 1.66. The number of thiophene rings is 1. The van der Waals surface area contributed by atoms with Gasteiger partial charge in [0.05, 0.1) is 10.4 Å². The van der Waals surface area contributed by atoms with E-state index in [0.29, 0.717) is 11.4 Å². The van der Waals surface area contributed by atoms with Gasteiger partial charge in [0, 0.05) is 3.57 Å². The normalized spacial score (nSPS) is 10.5. The maximum atomic E-state index is 12.0. The molecule has 0 aliphatic carbocycles. The van der Waals surface area contributed by atoms with E-state index in [4.69, 9.17) is 9.26 Å². The summed E-state index contributed by atoms with van der Waals surface area (Å²) in [6.45, 7) is -0.0395. The van der Waals surface area contributed by atoms with Gasteiger partial charge in [-0.05, 0) is 46.2 Å². The van der Waals surface area contributed by atoms with Crippen LogP contribution < -0.4 is 0 Å². The molecule has 0 N–H and O–H groups in total. The van der Waals surface area contributed by atoms with Crippen LogP contribution in [0.5, 0.6) is 0 Å². The van der Waals surface area contributed by atoms with Crippen LogP contribution in [0, 0.1) is 3.57 Å². The van der Waals surface area contributed by atoms with Gasteiger partial charge in [-0.15, -0.1) is 11.3 Å². The van der Waals surface area contributed by atoms with Crippen LogP contribution in [0.25, 0.3) is 10.7 Å². The number of aromatic nitrogens is 2. The fourth-order valence-electron chi connectivity index (χ4n) is 1.65. The van der Waals surface area contributed by atoms with E-state index in [9.17, 15) is 4.79 Å². The highest BCUT2D eigenvalue weighted by Crippen LogP contribution is 2.21. The molecule has 7 heteroatoms. The van der Waals surface area contributed by atoms with Gasteiger partial charge in [0.25, 0.3) is 5.89 Å². The summed E-state index contributed by atoms with van der Waals surface area (Å²) < 4.78 is 11.1. The van der Waals surface area contributed by atoms with Crippen molar-refractivity contribution in [2.45, 2.75) is 6.61 Å². The monoisotopic (exact) mass is 412 g/mol. The van der Waals surface area contributed by atoms with Crippen LogP contribution in [0.1, 0.15) is 16.2 Å². The highest BCUT2D eigenvalue weighted by Gasteiger charge is 2.14. The zero-order valence-electron chi connectivity index (χ0n) is 10.7. The summed E-state index contributed by atoms with van der Waals surface area (Å²) in [5.74, 6) is 0.374. The minimum absolute atomic E-state index is 0.0395. The molecule has 3 rings (SSSR count). The fourth-order valence-corrected chi connectivity index (χ4v) is 2.91. The van der Waals surface area contributed by atoms with Gasteiger partial charge in [0.2, 0.25) is 5.82 Å². The van der Waals surface area contributed by atoms with Crippen molar-refractivity contribution in [3.63, 3.8) is 0 Å². The minimum Gasteiger partial charge on any atom is -0.452 e. The molecule has 0 saturated carbocycles. The molecule has 0 radical (unpaired) electrons. The maximum Gasteiger partial charge on any atom is 0.339 e. The molecule has 0 unspecified atom stereocenters. The number of carbonyl (C=O) groups excluding carboxylic acids is 1. The van der Waals surface area contributed by atoms with E-state index in [0.717, 1.165) is 8.45 Å². The first-order valence-electron chi connectivity index (χ1n) is 6.02. The molecule has 1 aromatic carbocycles. The van der Waals surface area contributed by atoms with Gasteiger partial charge in [0.1, 0.15) is 0 Å². The lowest BCUT2D eigenvalue weighted by atomic mass is 10.2. The third kappa shape index (κ3) is 3.30. The zero-order chi connectivity index (χ0) is 14.7. The van der Waals surface area contributed by atoms with Crippen LogP contribution in [0.4, 0.5) is 0 Å². The van der Waals surface area contributed by atoms with Crippen molar-refractivity contribution in [3.8, 4) is 10.7 Å². The summed E-state index contributed by atoms with van der Waals surface area (Å²) in [6.07, 6.45) is 0. The lowest BCUT2D eigenvalue weighted by Crippen LogP contribution is -2.07. The highest BCUT2D eigenvalue weighted by molar-refractivity contribution is 14.1. The molecule has 0 aliphatic rings. The van der Waals surface area contributed by atoms with Gasteiger partial charge in [0.15, 0.2) is 6.61 Å². The van der Waals surface area contributed by atoms with Gasteiger partial charge < -0.3 is 9.26 Å². The average Bonchev–Trinajstić information content (AvgIpc) is 3.16. The second kappa shape index (κ2) is 6.35. The minimum atomic E-state index is -0.407. The Hall–Kier alpha value is -1.74. The second-order valence-electron chi connectivity index (χ2n) is 4.05. The first-order chi connectivity index (χ1) is 10.2. The molecule has 0 fully saturated rings. The number of rotatable bonds is 4. The van der Waals surface area contributed by atoms with E-state index in [1.807, 2.05) is 29.6 Å². The van der Waals surface area contributed by atoms with E-state index in [1.54, 1.807) is 12.1 Å². The van der Waals surface area contributed by atoms with Crippen molar-refractivity contribution < 1.29 is 14.1 Å². The molecular weight excluding hydrogens is 403 g/mol. The van der Waals surface area contributed by atoms with E-state index in [-0.39, 0.29) is 12.5 Å². The van der Waals surface area contributed by atoms with Crippen molar-refractivity contribution >= 4 is 39.9 Å². The predicted molar refractivity (Wildman–Crippen MR) is 85.9 cm³/mol. The molecule has 0 spiro atoms. The summed E-state index contributed by atoms with van der Waals surface area (Å²) in [5, 5.41) is 5.79. The molecule has 21 heavy (non-hydrogen) atoms. The topological polar surface area (TPSA) is 65.2 Å².